The molecule has 0 saturated carbocycles. The summed E-state index contributed by atoms with van der Waals surface area (Å²) in [6.45, 7) is 6.53. The highest BCUT2D eigenvalue weighted by atomic mass is 16.1. The van der Waals surface area contributed by atoms with Crippen LogP contribution in [0, 0.1) is 13.8 Å². The number of aryl methyl sites for hydroxylation is 2. The van der Waals surface area contributed by atoms with Crippen LogP contribution in [0.4, 0.5) is 5.69 Å². The molecule has 0 radical (unpaired) electrons. The first-order chi connectivity index (χ1) is 9.60. The first-order valence-electron chi connectivity index (χ1n) is 6.94. The van der Waals surface area contributed by atoms with Crippen LogP contribution in [0.2, 0.25) is 0 Å². The Balaban J connectivity index is 2.03. The first kappa shape index (κ1) is 14.3. The van der Waals surface area contributed by atoms with Gasteiger partial charge in [-0.3, -0.25) is 4.79 Å². The number of amides is 1. The van der Waals surface area contributed by atoms with E-state index in [0.29, 0.717) is 6.54 Å². The van der Waals surface area contributed by atoms with Gasteiger partial charge in [0.25, 0.3) is 5.91 Å². The summed E-state index contributed by atoms with van der Waals surface area (Å²) < 4.78 is 1.96. The van der Waals surface area contributed by atoms with E-state index in [-0.39, 0.29) is 5.91 Å². The lowest BCUT2D eigenvalue weighted by Crippen LogP contribution is -2.43. The van der Waals surface area contributed by atoms with Gasteiger partial charge in [0.1, 0.15) is 0 Å². The number of anilines is 1. The van der Waals surface area contributed by atoms with Crippen LogP contribution in [0.1, 0.15) is 23.7 Å². The monoisotopic (exact) mass is 269 g/mol. The van der Waals surface area contributed by atoms with Crippen LogP contribution < -0.4 is 9.88 Å². The maximum Gasteiger partial charge on any atom is 0.290 e. The smallest absolute Gasteiger partial charge is 0.290 e. The number of benzene rings is 1. The Morgan fingerprint density at radius 2 is 1.85 bits per heavy atom. The Bertz CT molecular complexity index is 603. The summed E-state index contributed by atoms with van der Waals surface area (Å²) in [5.41, 5.74) is 4.42. The van der Waals surface area contributed by atoms with E-state index in [1.165, 1.54) is 11.1 Å². The van der Waals surface area contributed by atoms with Gasteiger partial charge in [-0.1, -0.05) is 19.1 Å². The van der Waals surface area contributed by atoms with Crippen LogP contribution in [-0.2, 0) is 17.8 Å². The van der Waals surface area contributed by atoms with Gasteiger partial charge in [-0.05, 0) is 37.1 Å². The quantitative estimate of drug-likeness (QED) is 0.851. The lowest BCUT2D eigenvalue weighted by molar-refractivity contribution is -0.690. The number of aromatic nitrogens is 1. The summed E-state index contributed by atoms with van der Waals surface area (Å²) in [7, 11) is 0. The fraction of sp³-hybridized carbons (Fsp3) is 0.294. The predicted molar refractivity (Wildman–Crippen MR) is 80.6 cm³/mol. The number of hydrogen-bond donors (Lipinski definition) is 1. The third-order valence-electron chi connectivity index (χ3n) is 3.57. The Kier molecular flexibility index (Phi) is 4.51. The van der Waals surface area contributed by atoms with Crippen LogP contribution in [-0.4, -0.2) is 5.91 Å². The molecule has 0 aliphatic rings. The summed E-state index contributed by atoms with van der Waals surface area (Å²) in [6.07, 6.45) is 2.94. The fourth-order valence-corrected chi connectivity index (χ4v) is 2.10. The van der Waals surface area contributed by atoms with Gasteiger partial charge < -0.3 is 5.32 Å². The summed E-state index contributed by atoms with van der Waals surface area (Å²) in [5, 5.41) is 2.93. The normalized spacial score (nSPS) is 10.3. The molecule has 104 valence electrons. The molecule has 1 N–H and O–H groups in total. The molecule has 1 amide bonds. The molecule has 1 aromatic carbocycles. The summed E-state index contributed by atoms with van der Waals surface area (Å²) >= 11 is 0. The first-order valence-corrected chi connectivity index (χ1v) is 6.94. The molecule has 0 aliphatic carbocycles. The molecule has 0 atom stereocenters. The molecule has 0 saturated heterocycles. The fourth-order valence-electron chi connectivity index (χ4n) is 2.10. The molecule has 2 aromatic rings. The van der Waals surface area contributed by atoms with Crippen molar-refractivity contribution < 1.29 is 9.36 Å². The zero-order chi connectivity index (χ0) is 14.5. The second kappa shape index (κ2) is 6.33. The number of hydrogen-bond acceptors (Lipinski definition) is 1. The van der Waals surface area contributed by atoms with Crippen molar-refractivity contribution in [1.29, 1.82) is 0 Å². The second-order valence-electron chi connectivity index (χ2n) is 5.00. The highest BCUT2D eigenvalue weighted by molar-refractivity contribution is 5.89. The van der Waals surface area contributed by atoms with Gasteiger partial charge in [-0.15, -0.1) is 0 Å². The Hall–Kier alpha value is -2.16. The van der Waals surface area contributed by atoms with E-state index in [4.69, 9.17) is 0 Å². The highest BCUT2D eigenvalue weighted by Crippen LogP contribution is 2.09. The van der Waals surface area contributed by atoms with Crippen LogP contribution in [0.15, 0.2) is 42.6 Å². The highest BCUT2D eigenvalue weighted by Gasteiger charge is 2.13. The number of nitrogens with one attached hydrogen (secondary N) is 1. The Labute approximate surface area is 120 Å². The average Bonchev–Trinajstić information content (AvgIpc) is 2.45. The van der Waals surface area contributed by atoms with Crippen molar-refractivity contribution in [1.82, 2.24) is 0 Å². The van der Waals surface area contributed by atoms with Gasteiger partial charge in [-0.25, -0.2) is 0 Å². The third-order valence-corrected chi connectivity index (χ3v) is 3.57. The number of pyridine rings is 1. The molecular weight excluding hydrogens is 248 g/mol. The zero-order valence-corrected chi connectivity index (χ0v) is 12.3. The van der Waals surface area contributed by atoms with Gasteiger partial charge in [0.05, 0.1) is 0 Å². The van der Waals surface area contributed by atoms with Gasteiger partial charge in [-0.2, -0.15) is 4.57 Å². The molecule has 0 fully saturated rings. The van der Waals surface area contributed by atoms with Crippen molar-refractivity contribution in [3.05, 3.63) is 59.4 Å². The lowest BCUT2D eigenvalue weighted by Gasteiger charge is -2.06. The Morgan fingerprint density at radius 1 is 1.15 bits per heavy atom. The van der Waals surface area contributed by atoms with Crippen molar-refractivity contribution in [2.24, 2.45) is 0 Å². The van der Waals surface area contributed by atoms with Crippen LogP contribution in [0.25, 0.3) is 0 Å². The predicted octanol–water partition coefficient (Wildman–Crippen LogP) is 2.79. The molecular formula is C17H21N2O+. The van der Waals surface area contributed by atoms with E-state index in [1.54, 1.807) is 0 Å². The Morgan fingerprint density at radius 3 is 2.50 bits per heavy atom. The van der Waals surface area contributed by atoms with Crippen LogP contribution in [0.3, 0.4) is 0 Å². The van der Waals surface area contributed by atoms with Crippen LogP contribution >= 0.6 is 0 Å². The second-order valence-corrected chi connectivity index (χ2v) is 5.00. The van der Waals surface area contributed by atoms with Crippen molar-refractivity contribution in [3.63, 3.8) is 0 Å². The maximum atomic E-state index is 12.1. The van der Waals surface area contributed by atoms with Crippen molar-refractivity contribution >= 4 is 11.6 Å². The minimum Gasteiger partial charge on any atom is -0.321 e. The molecule has 20 heavy (non-hydrogen) atoms. The molecule has 3 nitrogen and oxygen atoms in total. The zero-order valence-electron chi connectivity index (χ0n) is 12.3. The van der Waals surface area contributed by atoms with E-state index in [9.17, 15) is 4.79 Å². The minimum absolute atomic E-state index is 0.00653. The third kappa shape index (κ3) is 3.44. The van der Waals surface area contributed by atoms with E-state index in [2.05, 4.69) is 12.2 Å². The molecule has 0 spiro atoms. The lowest BCUT2D eigenvalue weighted by atomic mass is 10.1. The SMILES string of the molecule is CCc1ccc(NC(=O)C[n+]2cccc(C)c2C)cc1. The standard InChI is InChI=1S/C17H20N2O/c1-4-15-7-9-16(10-8-15)18-17(20)12-19-11-5-6-13(2)14(19)3/h5-11H,4,12H2,1-3H3/p+1. The van der Waals surface area contributed by atoms with E-state index >= 15 is 0 Å². The van der Waals surface area contributed by atoms with Gasteiger partial charge in [0.2, 0.25) is 6.54 Å². The topological polar surface area (TPSA) is 33.0 Å². The molecule has 2 rings (SSSR count). The molecule has 0 unspecified atom stereocenters. The van der Waals surface area contributed by atoms with E-state index in [1.807, 2.05) is 61.0 Å². The molecule has 0 bridgehead atoms. The average molecular weight is 269 g/mol. The number of rotatable bonds is 4. The van der Waals surface area contributed by atoms with Gasteiger partial charge in [0.15, 0.2) is 11.9 Å². The molecule has 3 heteroatoms. The summed E-state index contributed by atoms with van der Waals surface area (Å²) in [6, 6.07) is 12.0. The molecule has 1 aromatic heterocycles. The van der Waals surface area contributed by atoms with E-state index < -0.39 is 0 Å². The van der Waals surface area contributed by atoms with Gasteiger partial charge >= 0.3 is 0 Å². The van der Waals surface area contributed by atoms with Crippen molar-refractivity contribution in [3.8, 4) is 0 Å². The summed E-state index contributed by atoms with van der Waals surface area (Å²) in [4.78, 5) is 12.1. The molecule has 0 aliphatic heterocycles. The largest absolute Gasteiger partial charge is 0.321 e. The van der Waals surface area contributed by atoms with Crippen LogP contribution in [0.5, 0.6) is 0 Å². The summed E-state index contributed by atoms with van der Waals surface area (Å²) in [5.74, 6) is -0.00653. The maximum absolute atomic E-state index is 12.1. The van der Waals surface area contributed by atoms with Gasteiger partial charge in [0, 0.05) is 24.2 Å². The number of carbonyl (C=O) groups is 1. The van der Waals surface area contributed by atoms with Crippen molar-refractivity contribution in [2.75, 3.05) is 5.32 Å². The number of nitrogens with zero attached hydrogens (tertiary/aromatic N) is 1. The molecule has 1 heterocycles. The van der Waals surface area contributed by atoms with E-state index in [0.717, 1.165) is 17.8 Å². The minimum atomic E-state index is -0.00653. The van der Waals surface area contributed by atoms with Crippen molar-refractivity contribution in [2.45, 2.75) is 33.7 Å². The number of carbonyl (C=O) groups excluding carboxylic acids is 1.